The van der Waals surface area contributed by atoms with Crippen LogP contribution in [-0.2, 0) is 10.0 Å². The molecule has 0 aliphatic rings. The van der Waals surface area contributed by atoms with Crippen LogP contribution in [0.15, 0.2) is 42.5 Å². The van der Waals surface area contributed by atoms with Crippen molar-refractivity contribution in [2.75, 3.05) is 17.1 Å². The van der Waals surface area contributed by atoms with Gasteiger partial charge in [0, 0.05) is 12.6 Å². The van der Waals surface area contributed by atoms with Gasteiger partial charge in [-0.25, -0.2) is 8.42 Å². The van der Waals surface area contributed by atoms with Gasteiger partial charge < -0.3 is 5.32 Å². The molecule has 0 saturated heterocycles. The van der Waals surface area contributed by atoms with Crippen LogP contribution in [0.2, 0.25) is 0 Å². The zero-order chi connectivity index (χ0) is 20.2. The zero-order valence-electron chi connectivity index (χ0n) is 16.6. The predicted molar refractivity (Wildman–Crippen MR) is 111 cm³/mol. The Hall–Kier alpha value is -2.34. The number of amides is 1. The molecule has 5 nitrogen and oxygen atoms in total. The Labute approximate surface area is 162 Å². The summed E-state index contributed by atoms with van der Waals surface area (Å²) < 4.78 is 25.2. The first-order valence-corrected chi connectivity index (χ1v) is 10.7. The summed E-state index contributed by atoms with van der Waals surface area (Å²) in [5.41, 5.74) is 4.55. The average molecular weight is 389 g/mol. The van der Waals surface area contributed by atoms with Gasteiger partial charge in [-0.15, -0.1) is 0 Å². The van der Waals surface area contributed by atoms with Gasteiger partial charge in [0.25, 0.3) is 5.91 Å². The van der Waals surface area contributed by atoms with Crippen molar-refractivity contribution in [2.24, 2.45) is 0 Å². The van der Waals surface area contributed by atoms with Gasteiger partial charge >= 0.3 is 0 Å². The first-order valence-electron chi connectivity index (χ1n) is 9.14. The lowest BCUT2D eigenvalue weighted by Crippen LogP contribution is -2.29. The molecule has 0 bridgehead atoms. The van der Waals surface area contributed by atoms with Crippen molar-refractivity contribution in [2.45, 2.75) is 40.2 Å². The molecule has 0 aromatic heterocycles. The fourth-order valence-electron chi connectivity index (χ4n) is 2.82. The van der Waals surface area contributed by atoms with Crippen LogP contribution in [0.4, 0.5) is 5.69 Å². The standard InChI is InChI=1S/C21H28N2O3S/c1-6-20(18-9-8-15(3)16(4)14-18)22-21(24)17-10-12-19(13-11-17)23(5)27(25,26)7-2/h8-14,20H,6-7H2,1-5H3,(H,22,24)/t20-/m1/s1. The third kappa shape index (κ3) is 4.89. The summed E-state index contributed by atoms with van der Waals surface area (Å²) in [6, 6.07) is 12.8. The second-order valence-corrected chi connectivity index (χ2v) is 8.98. The van der Waals surface area contributed by atoms with Gasteiger partial charge in [-0.3, -0.25) is 9.10 Å². The van der Waals surface area contributed by atoms with Crippen LogP contribution in [0, 0.1) is 13.8 Å². The molecule has 0 saturated carbocycles. The van der Waals surface area contributed by atoms with E-state index in [1.807, 2.05) is 13.0 Å². The summed E-state index contributed by atoms with van der Waals surface area (Å²) in [6.07, 6.45) is 0.782. The Bertz CT molecular complexity index is 906. The van der Waals surface area contributed by atoms with E-state index in [1.165, 1.54) is 22.5 Å². The number of anilines is 1. The number of hydrogen-bond acceptors (Lipinski definition) is 3. The maximum Gasteiger partial charge on any atom is 0.251 e. The summed E-state index contributed by atoms with van der Waals surface area (Å²) in [5.74, 6) is -0.146. The molecule has 1 amide bonds. The predicted octanol–water partition coefficient (Wildman–Crippen LogP) is 3.97. The number of carbonyl (C=O) groups excluding carboxylic acids is 1. The number of hydrogen-bond donors (Lipinski definition) is 1. The smallest absolute Gasteiger partial charge is 0.251 e. The number of nitrogens with zero attached hydrogens (tertiary/aromatic N) is 1. The zero-order valence-corrected chi connectivity index (χ0v) is 17.4. The monoisotopic (exact) mass is 388 g/mol. The van der Waals surface area contributed by atoms with Gasteiger partial charge in [0.05, 0.1) is 17.5 Å². The summed E-state index contributed by atoms with van der Waals surface area (Å²) >= 11 is 0. The minimum absolute atomic E-state index is 0.0277. The van der Waals surface area contributed by atoms with E-state index < -0.39 is 10.0 Å². The second kappa shape index (κ2) is 8.57. The Morgan fingerprint density at radius 2 is 1.67 bits per heavy atom. The molecular formula is C21H28N2O3S. The number of rotatable bonds is 7. The largest absolute Gasteiger partial charge is 0.345 e. The molecule has 0 fully saturated rings. The van der Waals surface area contributed by atoms with Crippen molar-refractivity contribution >= 4 is 21.6 Å². The fraction of sp³-hybridized carbons (Fsp3) is 0.381. The van der Waals surface area contributed by atoms with E-state index in [4.69, 9.17) is 0 Å². The van der Waals surface area contributed by atoms with E-state index in [0.717, 1.165) is 12.0 Å². The fourth-order valence-corrected chi connectivity index (χ4v) is 3.65. The molecule has 2 aromatic rings. The third-order valence-electron chi connectivity index (χ3n) is 4.92. The number of aryl methyl sites for hydroxylation is 2. The van der Waals surface area contributed by atoms with Crippen molar-refractivity contribution in [3.63, 3.8) is 0 Å². The van der Waals surface area contributed by atoms with E-state index >= 15 is 0 Å². The molecule has 6 heteroatoms. The molecule has 0 spiro atoms. The Morgan fingerprint density at radius 1 is 1.04 bits per heavy atom. The van der Waals surface area contributed by atoms with Gasteiger partial charge in [-0.1, -0.05) is 25.1 Å². The Morgan fingerprint density at radius 3 is 2.19 bits per heavy atom. The average Bonchev–Trinajstić information content (AvgIpc) is 2.67. The van der Waals surface area contributed by atoms with Crippen molar-refractivity contribution in [1.29, 1.82) is 0 Å². The number of nitrogens with one attached hydrogen (secondary N) is 1. The lowest BCUT2D eigenvalue weighted by molar-refractivity contribution is 0.0935. The van der Waals surface area contributed by atoms with Crippen molar-refractivity contribution in [3.8, 4) is 0 Å². The number of benzene rings is 2. The van der Waals surface area contributed by atoms with Gasteiger partial charge in [0.2, 0.25) is 10.0 Å². The first kappa shape index (κ1) is 21.0. The SMILES string of the molecule is CC[C@@H](NC(=O)c1ccc(N(C)S(=O)(=O)CC)cc1)c1ccc(C)c(C)c1. The lowest BCUT2D eigenvalue weighted by atomic mass is 9.99. The molecule has 1 atom stereocenters. The van der Waals surface area contributed by atoms with Crippen molar-refractivity contribution in [1.82, 2.24) is 5.32 Å². The third-order valence-corrected chi connectivity index (χ3v) is 6.70. The minimum atomic E-state index is -3.32. The van der Waals surface area contributed by atoms with Crippen molar-refractivity contribution < 1.29 is 13.2 Å². The maximum atomic E-state index is 12.6. The van der Waals surface area contributed by atoms with Crippen LogP contribution >= 0.6 is 0 Å². The highest BCUT2D eigenvalue weighted by molar-refractivity contribution is 7.92. The Balaban J connectivity index is 2.16. The maximum absolute atomic E-state index is 12.6. The molecule has 2 rings (SSSR count). The van der Waals surface area contributed by atoms with Gasteiger partial charge in [-0.05, 0) is 68.1 Å². The molecule has 146 valence electrons. The van der Waals surface area contributed by atoms with Gasteiger partial charge in [0.15, 0.2) is 0 Å². The molecule has 1 N–H and O–H groups in total. The highest BCUT2D eigenvalue weighted by Gasteiger charge is 2.18. The summed E-state index contributed by atoms with van der Waals surface area (Å²) in [5, 5.41) is 3.07. The summed E-state index contributed by atoms with van der Waals surface area (Å²) in [6.45, 7) is 7.77. The van der Waals surface area contributed by atoms with Gasteiger partial charge in [-0.2, -0.15) is 0 Å². The van der Waals surface area contributed by atoms with E-state index in [-0.39, 0.29) is 17.7 Å². The minimum Gasteiger partial charge on any atom is -0.345 e. The number of carbonyl (C=O) groups is 1. The second-order valence-electron chi connectivity index (χ2n) is 6.69. The summed E-state index contributed by atoms with van der Waals surface area (Å²) in [7, 11) is -1.80. The molecule has 0 radical (unpaired) electrons. The molecule has 0 unspecified atom stereocenters. The Kier molecular flexibility index (Phi) is 6.65. The molecule has 0 heterocycles. The van der Waals surface area contributed by atoms with Crippen LogP contribution in [0.25, 0.3) is 0 Å². The number of sulfonamides is 1. The van der Waals surface area contributed by atoms with Crippen LogP contribution in [0.5, 0.6) is 0 Å². The normalized spacial score (nSPS) is 12.5. The first-order chi connectivity index (χ1) is 12.7. The van der Waals surface area contributed by atoms with Crippen LogP contribution in [0.1, 0.15) is 53.4 Å². The van der Waals surface area contributed by atoms with Gasteiger partial charge in [0.1, 0.15) is 0 Å². The van der Waals surface area contributed by atoms with Crippen LogP contribution in [-0.4, -0.2) is 27.1 Å². The highest BCUT2D eigenvalue weighted by Crippen LogP contribution is 2.21. The molecule has 0 aliphatic heterocycles. The van der Waals surface area contributed by atoms with Crippen molar-refractivity contribution in [3.05, 3.63) is 64.7 Å². The molecule has 0 aliphatic carbocycles. The summed E-state index contributed by atoms with van der Waals surface area (Å²) in [4.78, 5) is 12.6. The van der Waals surface area contributed by atoms with E-state index in [2.05, 4.69) is 31.3 Å². The van der Waals surface area contributed by atoms with E-state index in [0.29, 0.717) is 11.3 Å². The highest BCUT2D eigenvalue weighted by atomic mass is 32.2. The van der Waals surface area contributed by atoms with E-state index in [9.17, 15) is 13.2 Å². The molecule has 27 heavy (non-hydrogen) atoms. The molecular weight excluding hydrogens is 360 g/mol. The van der Waals surface area contributed by atoms with Crippen LogP contribution in [0.3, 0.4) is 0 Å². The quantitative estimate of drug-likeness (QED) is 0.780. The molecule has 2 aromatic carbocycles. The van der Waals surface area contributed by atoms with Crippen LogP contribution < -0.4 is 9.62 Å². The topological polar surface area (TPSA) is 66.5 Å². The van der Waals surface area contributed by atoms with E-state index in [1.54, 1.807) is 31.2 Å². The lowest BCUT2D eigenvalue weighted by Gasteiger charge is -2.20.